The van der Waals surface area contributed by atoms with Gasteiger partial charge in [-0.15, -0.1) is 0 Å². The molecule has 0 aliphatic carbocycles. The normalized spacial score (nSPS) is 14.8. The maximum Gasteiger partial charge on any atom is 0.188 e. The summed E-state index contributed by atoms with van der Waals surface area (Å²) in [6.07, 6.45) is 5.01. The van der Waals surface area contributed by atoms with E-state index in [1.165, 1.54) is 37.3 Å². The van der Waals surface area contributed by atoms with E-state index in [1.807, 2.05) is 6.07 Å². The first kappa shape index (κ1) is 19.8. The third-order valence-corrected chi connectivity index (χ3v) is 6.94. The molecule has 1 N–H and O–H groups in total. The van der Waals surface area contributed by atoms with Crippen molar-refractivity contribution in [2.24, 2.45) is 0 Å². The highest BCUT2D eigenvalue weighted by atomic mass is 32.1. The van der Waals surface area contributed by atoms with Gasteiger partial charge < -0.3 is 4.43 Å². The Bertz CT molecular complexity index is 399. The van der Waals surface area contributed by atoms with Gasteiger partial charge >= 0.3 is 0 Å². The van der Waals surface area contributed by atoms with Crippen LogP contribution >= 0.6 is 12.6 Å². The molecule has 2 nitrogen and oxygen atoms in total. The number of thiol groups is 1. The molecular weight excluding hydrogens is 306 g/mol. The Balaban J connectivity index is 2.24. The molecular formula is C18H33NOSSi. The summed E-state index contributed by atoms with van der Waals surface area (Å²) in [4.78, 5) is 0. The molecule has 2 atom stereocenters. The van der Waals surface area contributed by atoms with Gasteiger partial charge in [-0.3, -0.25) is 5.32 Å². The van der Waals surface area contributed by atoms with Gasteiger partial charge in [0.2, 0.25) is 0 Å². The summed E-state index contributed by atoms with van der Waals surface area (Å²) >= 11 is 4.65. The predicted molar refractivity (Wildman–Crippen MR) is 103 cm³/mol. The lowest BCUT2D eigenvalue weighted by Gasteiger charge is -2.28. The summed E-state index contributed by atoms with van der Waals surface area (Å²) in [7, 11) is -1.59. The molecule has 22 heavy (non-hydrogen) atoms. The van der Waals surface area contributed by atoms with Gasteiger partial charge in [-0.1, -0.05) is 50.1 Å². The minimum absolute atomic E-state index is 0.115. The van der Waals surface area contributed by atoms with Crippen molar-refractivity contribution < 1.29 is 4.43 Å². The van der Waals surface area contributed by atoms with Crippen molar-refractivity contribution in [1.29, 1.82) is 0 Å². The summed E-state index contributed by atoms with van der Waals surface area (Å²) < 4.78 is 6.30. The van der Waals surface area contributed by atoms with Crippen molar-refractivity contribution in [2.45, 2.75) is 76.7 Å². The maximum atomic E-state index is 6.30. The molecule has 0 aliphatic heterocycles. The Morgan fingerprint density at radius 1 is 1.18 bits per heavy atom. The number of benzene rings is 1. The Hall–Kier alpha value is -0.293. The van der Waals surface area contributed by atoms with E-state index in [0.29, 0.717) is 5.25 Å². The highest BCUT2D eigenvalue weighted by Crippen LogP contribution is 2.20. The number of hydrogen-bond acceptors (Lipinski definition) is 3. The highest BCUT2D eigenvalue weighted by Gasteiger charge is 2.24. The zero-order valence-electron chi connectivity index (χ0n) is 14.6. The SMILES string of the molecule is CCCC(S)CCC[Si](C)(C)OC(C)NCc1ccccc1. The average Bonchev–Trinajstić information content (AvgIpc) is 2.46. The molecule has 1 aromatic rings. The first-order valence-electron chi connectivity index (χ1n) is 8.56. The molecule has 1 aromatic carbocycles. The Labute approximate surface area is 143 Å². The van der Waals surface area contributed by atoms with Crippen LogP contribution in [-0.4, -0.2) is 19.8 Å². The van der Waals surface area contributed by atoms with Crippen LogP contribution in [0.15, 0.2) is 30.3 Å². The van der Waals surface area contributed by atoms with Crippen molar-refractivity contribution in [2.75, 3.05) is 0 Å². The van der Waals surface area contributed by atoms with Crippen LogP contribution in [0.2, 0.25) is 19.1 Å². The fraction of sp³-hybridized carbons (Fsp3) is 0.667. The molecule has 0 amide bonds. The summed E-state index contributed by atoms with van der Waals surface area (Å²) in [5, 5.41) is 4.03. The quantitative estimate of drug-likeness (QED) is 0.327. The zero-order chi connectivity index (χ0) is 16.4. The fourth-order valence-electron chi connectivity index (χ4n) is 2.68. The molecule has 0 spiro atoms. The highest BCUT2D eigenvalue weighted by molar-refractivity contribution is 7.80. The van der Waals surface area contributed by atoms with Gasteiger partial charge in [0.05, 0.1) is 6.23 Å². The molecule has 0 radical (unpaired) electrons. The van der Waals surface area contributed by atoms with Crippen molar-refractivity contribution in [3.8, 4) is 0 Å². The van der Waals surface area contributed by atoms with E-state index in [-0.39, 0.29) is 6.23 Å². The van der Waals surface area contributed by atoms with Crippen molar-refractivity contribution >= 4 is 20.9 Å². The molecule has 0 aliphatic rings. The van der Waals surface area contributed by atoms with Crippen LogP contribution < -0.4 is 5.32 Å². The van der Waals surface area contributed by atoms with Crippen molar-refractivity contribution in [1.82, 2.24) is 5.32 Å². The molecule has 4 heteroatoms. The fourth-order valence-corrected chi connectivity index (χ4v) is 5.33. The van der Waals surface area contributed by atoms with E-state index in [9.17, 15) is 0 Å². The summed E-state index contributed by atoms with van der Waals surface area (Å²) in [6, 6.07) is 11.7. The first-order chi connectivity index (χ1) is 10.4. The van der Waals surface area contributed by atoms with Crippen LogP contribution in [0.25, 0.3) is 0 Å². The number of nitrogens with one attached hydrogen (secondary N) is 1. The molecule has 2 unspecified atom stereocenters. The Morgan fingerprint density at radius 3 is 2.50 bits per heavy atom. The second-order valence-electron chi connectivity index (χ2n) is 6.72. The molecule has 126 valence electrons. The summed E-state index contributed by atoms with van der Waals surface area (Å²) in [5.41, 5.74) is 1.30. The van der Waals surface area contributed by atoms with Gasteiger partial charge in [0.25, 0.3) is 0 Å². The lowest BCUT2D eigenvalue weighted by molar-refractivity contribution is 0.170. The third kappa shape index (κ3) is 8.98. The molecule has 0 fully saturated rings. The van der Waals surface area contributed by atoms with Gasteiger partial charge in [0.15, 0.2) is 8.32 Å². The largest absolute Gasteiger partial charge is 0.403 e. The number of rotatable bonds is 11. The van der Waals surface area contributed by atoms with E-state index in [1.54, 1.807) is 0 Å². The zero-order valence-corrected chi connectivity index (χ0v) is 16.5. The topological polar surface area (TPSA) is 21.3 Å². The summed E-state index contributed by atoms with van der Waals surface area (Å²) in [6.45, 7) is 9.85. The smallest absolute Gasteiger partial charge is 0.188 e. The second-order valence-corrected chi connectivity index (χ2v) is 11.7. The third-order valence-electron chi connectivity index (χ3n) is 3.87. The van der Waals surface area contributed by atoms with Crippen LogP contribution in [0, 0.1) is 0 Å². The van der Waals surface area contributed by atoms with Gasteiger partial charge in [-0.05, 0) is 44.5 Å². The minimum Gasteiger partial charge on any atom is -0.403 e. The molecule has 1 rings (SSSR count). The maximum absolute atomic E-state index is 6.30. The minimum atomic E-state index is -1.59. The van der Waals surface area contributed by atoms with E-state index in [4.69, 9.17) is 4.43 Å². The van der Waals surface area contributed by atoms with E-state index < -0.39 is 8.32 Å². The van der Waals surface area contributed by atoms with Gasteiger partial charge in [0.1, 0.15) is 0 Å². The predicted octanol–water partition coefficient (Wildman–Crippen LogP) is 5.22. The van der Waals surface area contributed by atoms with Crippen LogP contribution in [0.5, 0.6) is 0 Å². The molecule has 0 heterocycles. The molecule has 0 saturated carbocycles. The second kappa shape index (κ2) is 10.5. The van der Waals surface area contributed by atoms with Gasteiger partial charge in [0, 0.05) is 11.8 Å². The van der Waals surface area contributed by atoms with Crippen molar-refractivity contribution in [3.63, 3.8) is 0 Å². The van der Waals surface area contributed by atoms with Crippen LogP contribution in [0.1, 0.15) is 45.1 Å². The monoisotopic (exact) mass is 339 g/mol. The van der Waals surface area contributed by atoms with Crippen LogP contribution in [-0.2, 0) is 11.0 Å². The summed E-state index contributed by atoms with van der Waals surface area (Å²) in [5.74, 6) is 0. The lowest BCUT2D eigenvalue weighted by atomic mass is 10.2. The Morgan fingerprint density at radius 2 is 1.86 bits per heavy atom. The van der Waals surface area contributed by atoms with E-state index in [2.05, 4.69) is 69.2 Å². The molecule has 0 aromatic heterocycles. The standard InChI is InChI=1S/C18H33NOSSi/c1-5-10-18(21)13-9-14-22(3,4)20-16(2)19-15-17-11-7-6-8-12-17/h6-8,11-12,16,18-19,21H,5,9-10,13-15H2,1-4H3. The first-order valence-corrected chi connectivity index (χ1v) is 12.2. The average molecular weight is 340 g/mol. The van der Waals surface area contributed by atoms with Gasteiger partial charge in [-0.2, -0.15) is 12.6 Å². The van der Waals surface area contributed by atoms with Gasteiger partial charge in [-0.25, -0.2) is 0 Å². The molecule has 0 saturated heterocycles. The van der Waals surface area contributed by atoms with Crippen LogP contribution in [0.3, 0.4) is 0 Å². The molecule has 0 bridgehead atoms. The van der Waals surface area contributed by atoms with Crippen LogP contribution in [0.4, 0.5) is 0 Å². The van der Waals surface area contributed by atoms with Crippen molar-refractivity contribution in [3.05, 3.63) is 35.9 Å². The number of hydrogen-bond donors (Lipinski definition) is 2. The van der Waals surface area contributed by atoms with E-state index in [0.717, 1.165) is 6.54 Å². The van der Waals surface area contributed by atoms with E-state index >= 15 is 0 Å². The Kier molecular flexibility index (Phi) is 9.41. The lowest BCUT2D eigenvalue weighted by Crippen LogP contribution is -2.40.